The lowest BCUT2D eigenvalue weighted by atomic mass is 10.5. The number of alkyl halides is 3. The largest absolute Gasteiger partial charge is 0.444 e. The predicted molar refractivity (Wildman–Crippen MR) is 25.7 cm³/mol. The van der Waals surface area contributed by atoms with Gasteiger partial charge in [-0.1, -0.05) is 11.6 Å². The topological polar surface area (TPSA) is 0 Å². The Kier molecular flexibility index (Phi) is 2.49. The molecule has 0 spiro atoms. The van der Waals surface area contributed by atoms with Crippen LogP contribution >= 0.6 is 11.6 Å². The van der Waals surface area contributed by atoms with Crippen LogP contribution < -0.4 is 0 Å². The first-order valence-corrected chi connectivity index (χ1v) is 2.32. The maximum atomic E-state index is 11.7. The van der Waals surface area contributed by atoms with Gasteiger partial charge in [0.2, 0.25) is 5.83 Å². The summed E-state index contributed by atoms with van der Waals surface area (Å²) < 4.78 is 45.2. The van der Waals surface area contributed by atoms with Gasteiger partial charge in [-0.15, -0.1) is 0 Å². The lowest BCUT2D eigenvalue weighted by Gasteiger charge is -2.01. The second kappa shape index (κ2) is 2.56. The SMILES string of the molecule is CC(Cl)=C(F)C(F)(F)F. The molecule has 0 amide bonds. The number of rotatable bonds is 0. The predicted octanol–water partition coefficient (Wildman–Crippen LogP) is 2.99. The van der Waals surface area contributed by atoms with Crippen LogP contribution in [0.2, 0.25) is 0 Å². The molecule has 0 nitrogen and oxygen atoms in total. The molecule has 9 heavy (non-hydrogen) atoms. The summed E-state index contributed by atoms with van der Waals surface area (Å²) in [5, 5.41) is -0.873. The first kappa shape index (κ1) is 8.75. The van der Waals surface area contributed by atoms with Crippen molar-refractivity contribution in [1.29, 1.82) is 0 Å². The minimum atomic E-state index is -4.94. The van der Waals surface area contributed by atoms with Gasteiger partial charge < -0.3 is 0 Å². The maximum Gasteiger partial charge on any atom is 0.444 e. The van der Waals surface area contributed by atoms with Crippen LogP contribution in [-0.2, 0) is 0 Å². The van der Waals surface area contributed by atoms with E-state index in [1.54, 1.807) is 0 Å². The average molecular weight is 163 g/mol. The fraction of sp³-hybridized carbons (Fsp3) is 0.500. The van der Waals surface area contributed by atoms with Crippen molar-refractivity contribution in [3.8, 4) is 0 Å². The van der Waals surface area contributed by atoms with Crippen molar-refractivity contribution in [3.63, 3.8) is 0 Å². The highest BCUT2D eigenvalue weighted by Crippen LogP contribution is 2.30. The van der Waals surface area contributed by atoms with Crippen LogP contribution in [0.3, 0.4) is 0 Å². The normalized spacial score (nSPS) is 15.3. The van der Waals surface area contributed by atoms with Crippen molar-refractivity contribution in [2.24, 2.45) is 0 Å². The second-order valence-corrected chi connectivity index (χ2v) is 1.91. The van der Waals surface area contributed by atoms with Gasteiger partial charge in [-0.3, -0.25) is 0 Å². The number of hydrogen-bond acceptors (Lipinski definition) is 0. The van der Waals surface area contributed by atoms with Crippen molar-refractivity contribution < 1.29 is 17.6 Å². The maximum absolute atomic E-state index is 11.7. The van der Waals surface area contributed by atoms with E-state index in [9.17, 15) is 17.6 Å². The molecule has 0 fully saturated rings. The Balaban J connectivity index is 4.40. The van der Waals surface area contributed by atoms with E-state index in [1.165, 1.54) is 0 Å². The minimum absolute atomic E-state index is 0.838. The molecule has 0 unspecified atom stereocenters. The quantitative estimate of drug-likeness (QED) is 0.481. The van der Waals surface area contributed by atoms with Crippen LogP contribution in [0.5, 0.6) is 0 Å². The number of halogens is 5. The molecule has 0 saturated heterocycles. The molecule has 0 radical (unpaired) electrons. The van der Waals surface area contributed by atoms with E-state index in [0.717, 1.165) is 6.92 Å². The Morgan fingerprint density at radius 2 is 1.67 bits per heavy atom. The number of allylic oxidation sites excluding steroid dienone is 2. The molecule has 0 heterocycles. The van der Waals surface area contributed by atoms with Gasteiger partial charge in [0.25, 0.3) is 0 Å². The van der Waals surface area contributed by atoms with Crippen LogP contribution in [0.15, 0.2) is 10.9 Å². The smallest absolute Gasteiger partial charge is 0.200 e. The molecule has 5 heteroatoms. The molecule has 54 valence electrons. The third-order valence-corrected chi connectivity index (χ3v) is 0.717. The molecular formula is C4H3ClF4. The highest BCUT2D eigenvalue weighted by molar-refractivity contribution is 6.29. The van der Waals surface area contributed by atoms with Crippen molar-refractivity contribution in [2.45, 2.75) is 13.1 Å². The molecule has 0 aliphatic carbocycles. The van der Waals surface area contributed by atoms with E-state index in [1.807, 2.05) is 0 Å². The Morgan fingerprint density at radius 3 is 1.67 bits per heavy atom. The molecule has 0 bridgehead atoms. The van der Waals surface area contributed by atoms with Crippen molar-refractivity contribution in [1.82, 2.24) is 0 Å². The van der Waals surface area contributed by atoms with Crippen LogP contribution in [-0.4, -0.2) is 6.18 Å². The number of hydrogen-bond donors (Lipinski definition) is 0. The zero-order chi connectivity index (χ0) is 7.65. The lowest BCUT2D eigenvalue weighted by molar-refractivity contribution is -0.109. The zero-order valence-electron chi connectivity index (χ0n) is 4.39. The fourth-order valence-electron chi connectivity index (χ4n) is 0.195. The molecule has 0 saturated carbocycles. The van der Waals surface area contributed by atoms with E-state index in [0.29, 0.717) is 0 Å². The first-order chi connectivity index (χ1) is 3.85. The average Bonchev–Trinajstić information content (AvgIpc) is 1.62. The van der Waals surface area contributed by atoms with E-state index in [-0.39, 0.29) is 0 Å². The van der Waals surface area contributed by atoms with Gasteiger partial charge in [0.05, 0.1) is 5.03 Å². The fourth-order valence-corrected chi connectivity index (χ4v) is 0.302. The summed E-state index contributed by atoms with van der Waals surface area (Å²) in [5.41, 5.74) is 0. The van der Waals surface area contributed by atoms with Gasteiger partial charge in [-0.25, -0.2) is 4.39 Å². The molecule has 0 aromatic heterocycles. The summed E-state index contributed by atoms with van der Waals surface area (Å²) in [4.78, 5) is 0. The Hall–Kier alpha value is -0.250. The molecule has 0 atom stereocenters. The highest BCUT2D eigenvalue weighted by Gasteiger charge is 2.35. The van der Waals surface area contributed by atoms with Crippen molar-refractivity contribution in [2.75, 3.05) is 0 Å². The van der Waals surface area contributed by atoms with Gasteiger partial charge >= 0.3 is 6.18 Å². The summed E-state index contributed by atoms with van der Waals surface area (Å²) >= 11 is 4.70. The molecule has 0 rings (SSSR count). The Bertz CT molecular complexity index is 130. The molecule has 0 aromatic carbocycles. The third-order valence-electron chi connectivity index (χ3n) is 0.551. The highest BCUT2D eigenvalue weighted by atomic mass is 35.5. The van der Waals surface area contributed by atoms with Gasteiger partial charge in [0.15, 0.2) is 0 Å². The Morgan fingerprint density at radius 1 is 1.33 bits per heavy atom. The molecular weight excluding hydrogens is 159 g/mol. The van der Waals surface area contributed by atoms with E-state index in [4.69, 9.17) is 11.6 Å². The van der Waals surface area contributed by atoms with Crippen LogP contribution in [0.1, 0.15) is 6.92 Å². The summed E-state index contributed by atoms with van der Waals surface area (Å²) in [6.07, 6.45) is -4.94. The third kappa shape index (κ3) is 2.70. The van der Waals surface area contributed by atoms with Crippen LogP contribution in [0, 0.1) is 0 Å². The second-order valence-electron chi connectivity index (χ2n) is 1.35. The van der Waals surface area contributed by atoms with Crippen LogP contribution in [0.25, 0.3) is 0 Å². The summed E-state index contributed by atoms with van der Waals surface area (Å²) in [6.45, 7) is 0.838. The van der Waals surface area contributed by atoms with Crippen LogP contribution in [0.4, 0.5) is 17.6 Å². The van der Waals surface area contributed by atoms with E-state index in [2.05, 4.69) is 0 Å². The zero-order valence-corrected chi connectivity index (χ0v) is 5.15. The monoisotopic (exact) mass is 162 g/mol. The van der Waals surface area contributed by atoms with Gasteiger partial charge in [0, 0.05) is 0 Å². The van der Waals surface area contributed by atoms with Gasteiger partial charge in [-0.2, -0.15) is 13.2 Å². The summed E-state index contributed by atoms with van der Waals surface area (Å²) in [7, 11) is 0. The Labute approximate surface area is 54.1 Å². The van der Waals surface area contributed by atoms with E-state index < -0.39 is 17.0 Å². The molecule has 0 N–H and O–H groups in total. The van der Waals surface area contributed by atoms with Gasteiger partial charge in [-0.05, 0) is 6.92 Å². The van der Waals surface area contributed by atoms with Crippen molar-refractivity contribution >= 4 is 11.6 Å². The minimum Gasteiger partial charge on any atom is -0.200 e. The molecule has 0 aromatic rings. The van der Waals surface area contributed by atoms with Gasteiger partial charge in [0.1, 0.15) is 0 Å². The summed E-state index contributed by atoms with van der Waals surface area (Å²) in [6, 6.07) is 0. The molecule has 0 aliphatic rings. The standard InChI is InChI=1S/C4H3ClF4/c1-2(5)3(6)4(7,8)9/h1H3. The van der Waals surface area contributed by atoms with E-state index >= 15 is 0 Å². The van der Waals surface area contributed by atoms with Crippen molar-refractivity contribution in [3.05, 3.63) is 10.9 Å². The lowest BCUT2D eigenvalue weighted by Crippen LogP contribution is -2.08. The molecule has 0 aliphatic heterocycles. The summed E-state index contributed by atoms with van der Waals surface area (Å²) in [5.74, 6) is -2.23. The first-order valence-electron chi connectivity index (χ1n) is 1.94.